The van der Waals surface area contributed by atoms with Crippen molar-refractivity contribution in [3.05, 3.63) is 41.6 Å². The molecule has 0 aliphatic rings. The molecular formula is C16H15F3N4O. The highest BCUT2D eigenvalue weighted by atomic mass is 19.4. The molecule has 5 nitrogen and oxygen atoms in total. The first-order valence-corrected chi connectivity index (χ1v) is 7.21. The minimum atomic E-state index is -4.61. The smallest absolute Gasteiger partial charge is 0.423 e. The summed E-state index contributed by atoms with van der Waals surface area (Å²) in [4.78, 5) is 7.52. The third-order valence-corrected chi connectivity index (χ3v) is 3.19. The normalized spacial score (nSPS) is 12.3. The number of nitrogens with one attached hydrogen (secondary N) is 1. The Morgan fingerprint density at radius 2 is 2.12 bits per heavy atom. The van der Waals surface area contributed by atoms with E-state index in [1.165, 1.54) is 6.07 Å². The molecule has 0 bridgehead atoms. The fourth-order valence-electron chi connectivity index (χ4n) is 1.78. The fraction of sp³-hybridized carbons (Fsp3) is 0.312. The van der Waals surface area contributed by atoms with Crippen LogP contribution in [0.15, 0.2) is 30.5 Å². The lowest BCUT2D eigenvalue weighted by atomic mass is 10.2. The van der Waals surface area contributed by atoms with Crippen LogP contribution >= 0.6 is 0 Å². The van der Waals surface area contributed by atoms with Gasteiger partial charge in [0.25, 0.3) is 0 Å². The Morgan fingerprint density at radius 1 is 1.38 bits per heavy atom. The average Bonchev–Trinajstić information content (AvgIpc) is 2.54. The second-order valence-electron chi connectivity index (χ2n) is 5.06. The zero-order valence-corrected chi connectivity index (χ0v) is 13.1. The van der Waals surface area contributed by atoms with Gasteiger partial charge in [0, 0.05) is 11.9 Å². The number of nitriles is 1. The number of aromatic nitrogens is 2. The molecule has 8 heteroatoms. The van der Waals surface area contributed by atoms with E-state index >= 15 is 0 Å². The van der Waals surface area contributed by atoms with Crippen molar-refractivity contribution in [1.82, 2.24) is 9.97 Å². The summed E-state index contributed by atoms with van der Waals surface area (Å²) in [5.74, 6) is -0.567. The summed E-state index contributed by atoms with van der Waals surface area (Å²) < 4.78 is 44.4. The van der Waals surface area contributed by atoms with Crippen LogP contribution in [0.4, 0.5) is 24.8 Å². The minimum absolute atomic E-state index is 0.0450. The van der Waals surface area contributed by atoms with Crippen molar-refractivity contribution in [2.75, 3.05) is 5.32 Å². The van der Waals surface area contributed by atoms with Gasteiger partial charge in [0.05, 0.1) is 17.7 Å². The molecule has 0 amide bonds. The van der Waals surface area contributed by atoms with Gasteiger partial charge in [-0.3, -0.25) is 0 Å². The predicted molar refractivity (Wildman–Crippen MR) is 81.9 cm³/mol. The molecule has 1 unspecified atom stereocenters. The van der Waals surface area contributed by atoms with Gasteiger partial charge in [0.2, 0.25) is 11.8 Å². The summed E-state index contributed by atoms with van der Waals surface area (Å²) in [6, 6.07) is 8.41. The lowest BCUT2D eigenvalue weighted by Crippen LogP contribution is -2.17. The largest absolute Gasteiger partial charge is 0.474 e. The number of hydrogen-bond acceptors (Lipinski definition) is 5. The molecular weight excluding hydrogens is 321 g/mol. The molecule has 0 aliphatic carbocycles. The molecule has 1 aromatic heterocycles. The predicted octanol–water partition coefficient (Wildman–Crippen LogP) is 4.29. The maximum Gasteiger partial charge on any atom is 0.423 e. The van der Waals surface area contributed by atoms with Crippen LogP contribution in [-0.4, -0.2) is 16.1 Å². The maximum absolute atomic E-state index is 13.0. The highest BCUT2D eigenvalue weighted by molar-refractivity contribution is 5.56. The molecule has 1 aromatic carbocycles. The first-order valence-electron chi connectivity index (χ1n) is 7.21. The van der Waals surface area contributed by atoms with E-state index in [0.29, 0.717) is 23.9 Å². The molecule has 0 fully saturated rings. The Kier molecular flexibility index (Phi) is 5.24. The van der Waals surface area contributed by atoms with Crippen LogP contribution in [0.25, 0.3) is 0 Å². The number of anilines is 2. The Morgan fingerprint density at radius 3 is 2.75 bits per heavy atom. The summed E-state index contributed by atoms with van der Waals surface area (Å²) in [7, 11) is 0. The van der Waals surface area contributed by atoms with Gasteiger partial charge < -0.3 is 10.1 Å². The number of nitrogens with zero attached hydrogens (tertiary/aromatic N) is 3. The topological polar surface area (TPSA) is 70.8 Å². The van der Waals surface area contributed by atoms with E-state index in [1.54, 1.807) is 32.0 Å². The Hall–Kier alpha value is -2.82. The lowest BCUT2D eigenvalue weighted by Gasteiger charge is -2.17. The highest BCUT2D eigenvalue weighted by Gasteiger charge is 2.36. The molecule has 1 N–H and O–H groups in total. The van der Waals surface area contributed by atoms with Crippen LogP contribution in [0.3, 0.4) is 0 Å². The molecule has 0 spiro atoms. The molecule has 0 aliphatic heterocycles. The zero-order valence-electron chi connectivity index (χ0n) is 13.1. The number of benzene rings is 1. The van der Waals surface area contributed by atoms with E-state index in [-0.39, 0.29) is 5.95 Å². The Balaban J connectivity index is 2.34. The van der Waals surface area contributed by atoms with Gasteiger partial charge in [-0.05, 0) is 31.5 Å². The van der Waals surface area contributed by atoms with E-state index < -0.39 is 23.7 Å². The molecule has 2 aromatic rings. The monoisotopic (exact) mass is 336 g/mol. The number of hydrogen-bond donors (Lipinski definition) is 1. The van der Waals surface area contributed by atoms with Crippen LogP contribution in [0.2, 0.25) is 0 Å². The summed E-state index contributed by atoms with van der Waals surface area (Å²) >= 11 is 0. The summed E-state index contributed by atoms with van der Waals surface area (Å²) in [5.41, 5.74) is -0.134. The van der Waals surface area contributed by atoms with Gasteiger partial charge in [0.15, 0.2) is 0 Å². The zero-order chi connectivity index (χ0) is 17.7. The molecule has 0 saturated heterocycles. The quantitative estimate of drug-likeness (QED) is 0.882. The van der Waals surface area contributed by atoms with E-state index in [0.717, 1.165) is 0 Å². The van der Waals surface area contributed by atoms with Crippen molar-refractivity contribution < 1.29 is 17.9 Å². The first-order chi connectivity index (χ1) is 11.3. The summed E-state index contributed by atoms with van der Waals surface area (Å²) in [6.45, 7) is 3.46. The SMILES string of the molecule is CCC(C)Oc1nc(Nc2cccc(C#N)c2)ncc1C(F)(F)F. The molecule has 1 heterocycles. The van der Waals surface area contributed by atoms with Crippen molar-refractivity contribution in [3.63, 3.8) is 0 Å². The van der Waals surface area contributed by atoms with Crippen molar-refractivity contribution in [3.8, 4) is 11.9 Å². The van der Waals surface area contributed by atoms with Crippen molar-refractivity contribution in [1.29, 1.82) is 5.26 Å². The fourth-order valence-corrected chi connectivity index (χ4v) is 1.78. The van der Waals surface area contributed by atoms with Crippen LogP contribution in [0, 0.1) is 11.3 Å². The Labute approximate surface area is 137 Å². The minimum Gasteiger partial charge on any atom is -0.474 e. The number of alkyl halides is 3. The van der Waals surface area contributed by atoms with E-state index in [9.17, 15) is 13.2 Å². The third-order valence-electron chi connectivity index (χ3n) is 3.19. The number of rotatable bonds is 5. The van der Waals surface area contributed by atoms with Crippen molar-refractivity contribution >= 4 is 11.6 Å². The van der Waals surface area contributed by atoms with Gasteiger partial charge in [-0.15, -0.1) is 0 Å². The number of ether oxygens (including phenoxy) is 1. The second kappa shape index (κ2) is 7.17. The summed E-state index contributed by atoms with van der Waals surface area (Å²) in [5, 5.41) is 11.6. The van der Waals surface area contributed by atoms with Gasteiger partial charge in [-0.25, -0.2) is 4.98 Å². The maximum atomic E-state index is 13.0. The molecule has 126 valence electrons. The molecule has 0 radical (unpaired) electrons. The van der Waals surface area contributed by atoms with Crippen LogP contribution < -0.4 is 10.1 Å². The van der Waals surface area contributed by atoms with Gasteiger partial charge in [-0.2, -0.15) is 23.4 Å². The van der Waals surface area contributed by atoms with Gasteiger partial charge >= 0.3 is 6.18 Å². The average molecular weight is 336 g/mol. The summed E-state index contributed by atoms with van der Waals surface area (Å²) in [6.07, 6.45) is -3.81. The van der Waals surface area contributed by atoms with Crippen LogP contribution in [0.5, 0.6) is 5.88 Å². The second-order valence-corrected chi connectivity index (χ2v) is 5.06. The molecule has 0 saturated carbocycles. The van der Waals surface area contributed by atoms with Crippen LogP contribution in [-0.2, 0) is 6.18 Å². The van der Waals surface area contributed by atoms with Crippen LogP contribution in [0.1, 0.15) is 31.4 Å². The van der Waals surface area contributed by atoms with E-state index in [4.69, 9.17) is 10.00 Å². The van der Waals surface area contributed by atoms with Crippen molar-refractivity contribution in [2.24, 2.45) is 0 Å². The first kappa shape index (κ1) is 17.5. The third kappa shape index (κ3) is 4.35. The Bertz CT molecular complexity index is 756. The van der Waals surface area contributed by atoms with E-state index in [1.807, 2.05) is 6.07 Å². The molecule has 24 heavy (non-hydrogen) atoms. The number of halogens is 3. The van der Waals surface area contributed by atoms with Gasteiger partial charge in [0.1, 0.15) is 5.56 Å². The standard InChI is InChI=1S/C16H15F3N4O/c1-3-10(2)24-14-13(16(17,18)19)9-21-15(23-14)22-12-6-4-5-11(7-12)8-20/h4-7,9-10H,3H2,1-2H3,(H,21,22,23). The van der Waals surface area contributed by atoms with Crippen molar-refractivity contribution in [2.45, 2.75) is 32.5 Å². The molecule has 2 rings (SSSR count). The lowest BCUT2D eigenvalue weighted by molar-refractivity contribution is -0.139. The van der Waals surface area contributed by atoms with E-state index in [2.05, 4.69) is 15.3 Å². The van der Waals surface area contributed by atoms with Gasteiger partial charge in [-0.1, -0.05) is 13.0 Å². The highest BCUT2D eigenvalue weighted by Crippen LogP contribution is 2.35. The molecule has 1 atom stereocenters.